The molecule has 1 saturated carbocycles. The third kappa shape index (κ3) is 3.74. The van der Waals surface area contributed by atoms with E-state index < -0.39 is 0 Å². The Hall–Kier alpha value is -1.59. The molecule has 1 unspecified atom stereocenters. The highest BCUT2D eigenvalue weighted by atomic mass is 16.5. The first kappa shape index (κ1) is 14.4. The number of urea groups is 1. The molecule has 2 aliphatic rings. The third-order valence-electron chi connectivity index (χ3n) is 4.60. The zero-order valence-electron chi connectivity index (χ0n) is 12.7. The van der Waals surface area contributed by atoms with Crippen molar-refractivity contribution >= 4 is 6.03 Å². The number of hydrogen-bond acceptors (Lipinski definition) is 4. The molecule has 0 radical (unpaired) electrons. The van der Waals surface area contributed by atoms with Crippen LogP contribution in [0.3, 0.4) is 0 Å². The molecule has 6 heteroatoms. The van der Waals surface area contributed by atoms with Gasteiger partial charge in [-0.15, -0.1) is 0 Å². The fraction of sp³-hybridized carbons (Fsp3) is 0.800. The molecule has 3 rings (SSSR count). The Bertz CT molecular complexity index is 482. The lowest BCUT2D eigenvalue weighted by molar-refractivity contribution is 0.202. The highest BCUT2D eigenvalue weighted by molar-refractivity contribution is 5.74. The van der Waals surface area contributed by atoms with Crippen molar-refractivity contribution in [3.05, 3.63) is 11.7 Å². The Morgan fingerprint density at radius 1 is 1.38 bits per heavy atom. The highest BCUT2D eigenvalue weighted by Crippen LogP contribution is 2.22. The van der Waals surface area contributed by atoms with Gasteiger partial charge >= 0.3 is 6.03 Å². The molecular weight excluding hydrogens is 268 g/mol. The van der Waals surface area contributed by atoms with E-state index in [1.165, 1.54) is 12.8 Å². The molecule has 21 heavy (non-hydrogen) atoms. The summed E-state index contributed by atoms with van der Waals surface area (Å²) in [5.74, 6) is 1.95. The molecule has 116 valence electrons. The first-order chi connectivity index (χ1) is 10.2. The summed E-state index contributed by atoms with van der Waals surface area (Å²) in [6.45, 7) is 3.53. The van der Waals surface area contributed by atoms with E-state index in [4.69, 9.17) is 4.52 Å². The van der Waals surface area contributed by atoms with Crippen LogP contribution in [0.5, 0.6) is 0 Å². The average molecular weight is 292 g/mol. The van der Waals surface area contributed by atoms with Crippen LogP contribution in [0, 0.1) is 12.8 Å². The number of nitrogens with one attached hydrogen (secondary N) is 1. The van der Waals surface area contributed by atoms with Crippen molar-refractivity contribution < 1.29 is 9.32 Å². The molecule has 1 saturated heterocycles. The minimum absolute atomic E-state index is 0.125. The monoisotopic (exact) mass is 292 g/mol. The van der Waals surface area contributed by atoms with E-state index in [9.17, 15) is 4.79 Å². The molecule has 0 spiro atoms. The van der Waals surface area contributed by atoms with Crippen molar-refractivity contribution in [3.8, 4) is 0 Å². The highest BCUT2D eigenvalue weighted by Gasteiger charge is 2.28. The van der Waals surface area contributed by atoms with Gasteiger partial charge in [0.1, 0.15) is 0 Å². The molecule has 0 bridgehead atoms. The van der Waals surface area contributed by atoms with Gasteiger partial charge in [-0.25, -0.2) is 4.79 Å². The molecule has 1 aliphatic heterocycles. The van der Waals surface area contributed by atoms with E-state index >= 15 is 0 Å². The van der Waals surface area contributed by atoms with E-state index in [1.807, 2.05) is 4.90 Å². The predicted octanol–water partition coefficient (Wildman–Crippen LogP) is 2.28. The van der Waals surface area contributed by atoms with E-state index in [0.717, 1.165) is 51.0 Å². The van der Waals surface area contributed by atoms with E-state index in [-0.39, 0.29) is 6.03 Å². The maximum Gasteiger partial charge on any atom is 0.317 e. The average Bonchev–Trinajstić information content (AvgIpc) is 3.17. The minimum Gasteiger partial charge on any atom is -0.340 e. The Balaban J connectivity index is 1.41. The molecular formula is C15H24N4O2. The van der Waals surface area contributed by atoms with Gasteiger partial charge in [0, 0.05) is 32.5 Å². The molecule has 6 nitrogen and oxygen atoms in total. The lowest BCUT2D eigenvalue weighted by Crippen LogP contribution is -2.42. The Labute approximate surface area is 125 Å². The summed E-state index contributed by atoms with van der Waals surface area (Å²) in [4.78, 5) is 18.4. The lowest BCUT2D eigenvalue weighted by Gasteiger charge is -2.20. The fourth-order valence-electron chi connectivity index (χ4n) is 3.36. The van der Waals surface area contributed by atoms with Gasteiger partial charge in [0.15, 0.2) is 5.82 Å². The molecule has 1 aliphatic carbocycles. The van der Waals surface area contributed by atoms with Crippen LogP contribution in [0.25, 0.3) is 0 Å². The van der Waals surface area contributed by atoms with Crippen molar-refractivity contribution in [3.63, 3.8) is 0 Å². The molecule has 2 heterocycles. The van der Waals surface area contributed by atoms with Gasteiger partial charge in [0.05, 0.1) is 0 Å². The van der Waals surface area contributed by atoms with Crippen molar-refractivity contribution in [2.24, 2.45) is 5.92 Å². The molecule has 0 aromatic carbocycles. The van der Waals surface area contributed by atoms with Gasteiger partial charge in [-0.1, -0.05) is 18.0 Å². The van der Waals surface area contributed by atoms with Crippen LogP contribution >= 0.6 is 0 Å². The molecule has 1 aromatic heterocycles. The van der Waals surface area contributed by atoms with Crippen LogP contribution in [0.4, 0.5) is 4.79 Å². The number of amides is 2. The molecule has 2 amide bonds. The van der Waals surface area contributed by atoms with Crippen molar-refractivity contribution in [2.45, 2.75) is 57.9 Å². The SMILES string of the molecule is Cc1nc(CCC2CCN(C(=O)NC3CCCC3)C2)no1. The summed E-state index contributed by atoms with van der Waals surface area (Å²) in [5, 5.41) is 7.09. The predicted molar refractivity (Wildman–Crippen MR) is 77.8 cm³/mol. The van der Waals surface area contributed by atoms with Gasteiger partial charge in [-0.2, -0.15) is 4.98 Å². The summed E-state index contributed by atoms with van der Waals surface area (Å²) in [6.07, 6.45) is 7.71. The number of hydrogen-bond donors (Lipinski definition) is 1. The van der Waals surface area contributed by atoms with Crippen LogP contribution in [0.1, 0.15) is 50.2 Å². The lowest BCUT2D eigenvalue weighted by atomic mass is 10.0. The van der Waals surface area contributed by atoms with Gasteiger partial charge in [-0.05, 0) is 31.6 Å². The Morgan fingerprint density at radius 3 is 2.90 bits per heavy atom. The molecule has 1 aromatic rings. The number of rotatable bonds is 4. The van der Waals surface area contributed by atoms with E-state index in [2.05, 4.69) is 15.5 Å². The number of aryl methyl sites for hydroxylation is 2. The summed E-state index contributed by atoms with van der Waals surface area (Å²) in [5.41, 5.74) is 0. The normalized spacial score (nSPS) is 22.9. The first-order valence-electron chi connectivity index (χ1n) is 8.05. The van der Waals surface area contributed by atoms with E-state index in [0.29, 0.717) is 17.9 Å². The standard InChI is InChI=1S/C15H24N4O2/c1-11-16-14(18-21-11)7-6-12-8-9-19(10-12)15(20)17-13-4-2-3-5-13/h12-13H,2-10H2,1H3,(H,17,20). The van der Waals surface area contributed by atoms with Crippen molar-refractivity contribution in [1.29, 1.82) is 0 Å². The maximum absolute atomic E-state index is 12.2. The Kier molecular flexibility index (Phi) is 4.41. The fourth-order valence-corrected chi connectivity index (χ4v) is 3.36. The Morgan fingerprint density at radius 2 is 2.19 bits per heavy atom. The van der Waals surface area contributed by atoms with Crippen LogP contribution in [0.15, 0.2) is 4.52 Å². The quantitative estimate of drug-likeness (QED) is 0.924. The van der Waals surface area contributed by atoms with E-state index in [1.54, 1.807) is 6.92 Å². The second kappa shape index (κ2) is 6.45. The van der Waals surface area contributed by atoms with Crippen LogP contribution in [-0.4, -0.2) is 40.2 Å². The number of aromatic nitrogens is 2. The van der Waals surface area contributed by atoms with Crippen LogP contribution in [0.2, 0.25) is 0 Å². The second-order valence-corrected chi connectivity index (χ2v) is 6.30. The zero-order chi connectivity index (χ0) is 14.7. The zero-order valence-corrected chi connectivity index (χ0v) is 12.7. The van der Waals surface area contributed by atoms with Gasteiger partial charge in [-0.3, -0.25) is 0 Å². The van der Waals surface area contributed by atoms with Crippen molar-refractivity contribution in [1.82, 2.24) is 20.4 Å². The number of likely N-dealkylation sites (tertiary alicyclic amines) is 1. The summed E-state index contributed by atoms with van der Waals surface area (Å²) in [7, 11) is 0. The van der Waals surface area contributed by atoms with Gasteiger partial charge in [0.25, 0.3) is 0 Å². The summed E-state index contributed by atoms with van der Waals surface area (Å²) < 4.78 is 4.98. The molecule has 1 N–H and O–H groups in total. The summed E-state index contributed by atoms with van der Waals surface area (Å²) >= 11 is 0. The number of nitrogens with zero attached hydrogens (tertiary/aromatic N) is 3. The van der Waals surface area contributed by atoms with Crippen LogP contribution in [-0.2, 0) is 6.42 Å². The van der Waals surface area contributed by atoms with Gasteiger partial charge < -0.3 is 14.7 Å². The topological polar surface area (TPSA) is 71.3 Å². The third-order valence-corrected chi connectivity index (χ3v) is 4.60. The maximum atomic E-state index is 12.2. The largest absolute Gasteiger partial charge is 0.340 e. The smallest absolute Gasteiger partial charge is 0.317 e. The second-order valence-electron chi connectivity index (χ2n) is 6.30. The van der Waals surface area contributed by atoms with Crippen molar-refractivity contribution in [2.75, 3.05) is 13.1 Å². The molecule has 2 fully saturated rings. The number of carbonyl (C=O) groups is 1. The first-order valence-corrected chi connectivity index (χ1v) is 8.05. The minimum atomic E-state index is 0.125. The van der Waals surface area contributed by atoms with Gasteiger partial charge in [0.2, 0.25) is 5.89 Å². The summed E-state index contributed by atoms with van der Waals surface area (Å²) in [6, 6.07) is 0.527. The molecule has 1 atom stereocenters. The van der Waals surface area contributed by atoms with Crippen LogP contribution < -0.4 is 5.32 Å². The number of carbonyl (C=O) groups excluding carboxylic acids is 1.